The van der Waals surface area contributed by atoms with Crippen LogP contribution < -0.4 is 0 Å². The fraction of sp³-hybridized carbons (Fsp3) is 0. The Morgan fingerprint density at radius 2 is 0.638 bits per heavy atom. The molecule has 3 heteroatoms. The third kappa shape index (κ3) is 3.30. The Bertz CT molecular complexity index is 2930. The van der Waals surface area contributed by atoms with Crippen LogP contribution in [0.5, 0.6) is 0 Å². The summed E-state index contributed by atoms with van der Waals surface area (Å²) in [5.74, 6) is 0. The number of benzene rings is 8. The predicted octanol–water partition coefficient (Wildman–Crippen LogP) is 13.0. The lowest BCUT2D eigenvalue weighted by molar-refractivity contribution is 0.658. The first-order valence-corrected chi connectivity index (χ1v) is 15.9. The van der Waals surface area contributed by atoms with Crippen LogP contribution >= 0.6 is 0 Å². The predicted molar refractivity (Wildman–Crippen MR) is 194 cm³/mol. The zero-order chi connectivity index (χ0) is 30.6. The van der Waals surface area contributed by atoms with Gasteiger partial charge < -0.3 is 13.3 Å². The van der Waals surface area contributed by atoms with Crippen molar-refractivity contribution in [1.29, 1.82) is 0 Å². The molecule has 3 aromatic heterocycles. The molecule has 0 aliphatic carbocycles. The second-order valence-corrected chi connectivity index (χ2v) is 12.3. The van der Waals surface area contributed by atoms with E-state index >= 15 is 0 Å². The van der Waals surface area contributed by atoms with Crippen LogP contribution in [0.15, 0.2) is 159 Å². The quantitative estimate of drug-likeness (QED) is 0.185. The summed E-state index contributed by atoms with van der Waals surface area (Å²) in [4.78, 5) is 0. The molecule has 0 fully saturated rings. The van der Waals surface area contributed by atoms with Crippen molar-refractivity contribution in [1.82, 2.24) is 0 Å². The number of rotatable bonds is 2. The fourth-order valence-electron chi connectivity index (χ4n) is 7.90. The van der Waals surface area contributed by atoms with Crippen molar-refractivity contribution in [3.05, 3.63) is 146 Å². The van der Waals surface area contributed by atoms with Gasteiger partial charge in [0, 0.05) is 49.0 Å². The number of fused-ring (bicyclic) bond motifs is 11. The molecule has 3 nitrogen and oxygen atoms in total. The Morgan fingerprint density at radius 1 is 0.255 bits per heavy atom. The van der Waals surface area contributed by atoms with Crippen molar-refractivity contribution in [2.24, 2.45) is 0 Å². The van der Waals surface area contributed by atoms with E-state index in [-0.39, 0.29) is 0 Å². The maximum absolute atomic E-state index is 6.77. The number of hydrogen-bond donors (Lipinski definition) is 0. The molecule has 0 bridgehead atoms. The van der Waals surface area contributed by atoms with Crippen LogP contribution in [0.3, 0.4) is 0 Å². The van der Waals surface area contributed by atoms with Gasteiger partial charge in [0.2, 0.25) is 0 Å². The summed E-state index contributed by atoms with van der Waals surface area (Å²) in [5, 5.41) is 11.1. The van der Waals surface area contributed by atoms with Crippen molar-refractivity contribution >= 4 is 87.4 Å². The number of para-hydroxylation sites is 4. The molecule has 0 unspecified atom stereocenters. The first-order chi connectivity index (χ1) is 23.3. The molecule has 0 radical (unpaired) electrons. The Labute approximate surface area is 267 Å². The van der Waals surface area contributed by atoms with Gasteiger partial charge in [0.05, 0.1) is 5.56 Å². The average Bonchev–Trinajstić information content (AvgIpc) is 3.81. The second-order valence-electron chi connectivity index (χ2n) is 12.3. The van der Waals surface area contributed by atoms with Gasteiger partial charge in [-0.1, -0.05) is 121 Å². The number of furan rings is 3. The number of hydrogen-bond acceptors (Lipinski definition) is 3. The molecule has 0 aliphatic rings. The maximum atomic E-state index is 6.77. The highest BCUT2D eigenvalue weighted by molar-refractivity contribution is 6.30. The van der Waals surface area contributed by atoms with E-state index in [2.05, 4.69) is 109 Å². The molecule has 0 saturated carbocycles. The first-order valence-electron chi connectivity index (χ1n) is 15.9. The Kier molecular flexibility index (Phi) is 4.84. The second kappa shape index (κ2) is 9.12. The zero-order valence-corrected chi connectivity index (χ0v) is 25.1. The molecule has 0 saturated heterocycles. The lowest BCUT2D eigenvalue weighted by Crippen LogP contribution is -1.92. The van der Waals surface area contributed by atoms with Crippen LogP contribution in [0.1, 0.15) is 0 Å². The molecule has 0 amide bonds. The molecule has 0 atom stereocenters. The minimum Gasteiger partial charge on any atom is -0.455 e. The largest absolute Gasteiger partial charge is 0.455 e. The molecule has 11 aromatic rings. The van der Waals surface area contributed by atoms with Crippen molar-refractivity contribution in [3.8, 4) is 22.3 Å². The molecule has 47 heavy (non-hydrogen) atoms. The van der Waals surface area contributed by atoms with Crippen LogP contribution in [0.4, 0.5) is 0 Å². The van der Waals surface area contributed by atoms with Crippen molar-refractivity contribution in [3.63, 3.8) is 0 Å². The van der Waals surface area contributed by atoms with Crippen LogP contribution in [0.2, 0.25) is 0 Å². The maximum Gasteiger partial charge on any atom is 0.147 e. The molecule has 218 valence electrons. The molecular formula is C44H24O3. The van der Waals surface area contributed by atoms with Crippen LogP contribution in [0.25, 0.3) is 110 Å². The van der Waals surface area contributed by atoms with E-state index in [1.807, 2.05) is 36.4 Å². The first kappa shape index (κ1) is 24.9. The summed E-state index contributed by atoms with van der Waals surface area (Å²) < 4.78 is 20.1. The van der Waals surface area contributed by atoms with E-state index in [1.165, 1.54) is 0 Å². The highest BCUT2D eigenvalue weighted by Crippen LogP contribution is 2.51. The molecule has 0 spiro atoms. The van der Waals surface area contributed by atoms with Crippen molar-refractivity contribution < 1.29 is 13.3 Å². The minimum atomic E-state index is 0.834. The van der Waals surface area contributed by atoms with E-state index in [0.717, 1.165) is 110 Å². The average molecular weight is 601 g/mol. The highest BCUT2D eigenvalue weighted by Gasteiger charge is 2.26. The van der Waals surface area contributed by atoms with Gasteiger partial charge in [-0.3, -0.25) is 0 Å². The Hall–Kier alpha value is -6.32. The molecule has 0 aliphatic heterocycles. The third-order valence-electron chi connectivity index (χ3n) is 9.87. The monoisotopic (exact) mass is 600 g/mol. The molecular weight excluding hydrogens is 576 g/mol. The van der Waals surface area contributed by atoms with Gasteiger partial charge in [-0.05, 0) is 45.8 Å². The SMILES string of the molecule is c1ccc2c(c1)oc1c(-c3c4ccccc4c(-c4c5oc6ccccc6c5cc5c4oc4ccccc45)c4ccccc34)cccc12. The van der Waals surface area contributed by atoms with Gasteiger partial charge in [0.1, 0.15) is 33.5 Å². The van der Waals surface area contributed by atoms with Crippen LogP contribution in [0, 0.1) is 0 Å². The Balaban J connectivity index is 1.36. The third-order valence-corrected chi connectivity index (χ3v) is 9.87. The van der Waals surface area contributed by atoms with Gasteiger partial charge in [0.25, 0.3) is 0 Å². The summed E-state index contributed by atoms with van der Waals surface area (Å²) >= 11 is 0. The van der Waals surface area contributed by atoms with Gasteiger partial charge in [0.15, 0.2) is 0 Å². The van der Waals surface area contributed by atoms with E-state index in [0.29, 0.717) is 0 Å². The van der Waals surface area contributed by atoms with Gasteiger partial charge >= 0.3 is 0 Å². The minimum absolute atomic E-state index is 0.834. The van der Waals surface area contributed by atoms with E-state index < -0.39 is 0 Å². The van der Waals surface area contributed by atoms with Gasteiger partial charge in [-0.25, -0.2) is 0 Å². The standard InChI is InChI=1S/C44H24O3/c1-3-17-30-28(15-1)39(33-20-11-19-32-25-12-5-8-21-36(25)45-42(32)33)29-16-2-4-18-31(29)40(30)41-43-34(26-13-6-9-22-37(26)46-43)24-35-27-14-7-10-23-38(27)47-44(35)41/h1-24H. The summed E-state index contributed by atoms with van der Waals surface area (Å²) in [6, 6.07) is 51.0. The van der Waals surface area contributed by atoms with Crippen LogP contribution in [-0.4, -0.2) is 0 Å². The summed E-state index contributed by atoms with van der Waals surface area (Å²) in [6.45, 7) is 0. The van der Waals surface area contributed by atoms with E-state index in [1.54, 1.807) is 0 Å². The van der Waals surface area contributed by atoms with Crippen molar-refractivity contribution in [2.75, 3.05) is 0 Å². The normalized spacial score (nSPS) is 12.3. The smallest absolute Gasteiger partial charge is 0.147 e. The zero-order valence-electron chi connectivity index (χ0n) is 25.1. The topological polar surface area (TPSA) is 39.4 Å². The fourth-order valence-corrected chi connectivity index (χ4v) is 7.90. The van der Waals surface area contributed by atoms with Crippen molar-refractivity contribution in [2.45, 2.75) is 0 Å². The molecule has 8 aromatic carbocycles. The summed E-state index contributed by atoms with van der Waals surface area (Å²) in [5.41, 5.74) is 9.50. The molecule has 11 rings (SSSR count). The molecule has 3 heterocycles. The summed E-state index contributed by atoms with van der Waals surface area (Å²) in [7, 11) is 0. The lowest BCUT2D eigenvalue weighted by atomic mass is 9.84. The Morgan fingerprint density at radius 3 is 1.15 bits per heavy atom. The van der Waals surface area contributed by atoms with Gasteiger partial charge in [-0.15, -0.1) is 0 Å². The lowest BCUT2D eigenvalue weighted by Gasteiger charge is -2.18. The van der Waals surface area contributed by atoms with E-state index in [4.69, 9.17) is 13.3 Å². The molecule has 0 N–H and O–H groups in total. The van der Waals surface area contributed by atoms with E-state index in [9.17, 15) is 0 Å². The highest BCUT2D eigenvalue weighted by atomic mass is 16.3. The summed E-state index contributed by atoms with van der Waals surface area (Å²) in [6.07, 6.45) is 0. The van der Waals surface area contributed by atoms with Gasteiger partial charge in [-0.2, -0.15) is 0 Å². The van der Waals surface area contributed by atoms with Crippen LogP contribution in [-0.2, 0) is 0 Å².